The van der Waals surface area contributed by atoms with Crippen molar-refractivity contribution in [3.05, 3.63) is 127 Å². The first-order valence-corrected chi connectivity index (χ1v) is 11.5. The molecule has 0 bridgehead atoms. The Morgan fingerprint density at radius 3 is 1.00 bits per heavy atom. The predicted molar refractivity (Wildman–Crippen MR) is 143 cm³/mol. The molecule has 0 saturated heterocycles. The normalized spacial score (nSPS) is 8.37. The summed E-state index contributed by atoms with van der Waals surface area (Å²) in [5.74, 6) is 0. The van der Waals surface area contributed by atoms with Gasteiger partial charge in [0.1, 0.15) is 15.9 Å². The van der Waals surface area contributed by atoms with E-state index in [9.17, 15) is 4.79 Å². The fourth-order valence-corrected chi connectivity index (χ4v) is 5.57. The van der Waals surface area contributed by atoms with Crippen molar-refractivity contribution in [3.63, 3.8) is 0 Å². The van der Waals surface area contributed by atoms with Gasteiger partial charge < -0.3 is 19.2 Å². The minimum absolute atomic E-state index is 0. The second-order valence-corrected chi connectivity index (χ2v) is 8.76. The molecule has 0 amide bonds. The van der Waals surface area contributed by atoms with Crippen LogP contribution in [0.15, 0.2) is 121 Å². The molecule has 0 N–H and O–H groups in total. The van der Waals surface area contributed by atoms with E-state index in [1.807, 2.05) is 36.6 Å². The van der Waals surface area contributed by atoms with Crippen LogP contribution in [0.3, 0.4) is 0 Å². The summed E-state index contributed by atoms with van der Waals surface area (Å²) in [5.41, 5.74) is 1.02. The van der Waals surface area contributed by atoms with Crippen LogP contribution in [-0.4, -0.2) is 26.7 Å². The molecular formula is C29H26CoO4P-3. The Bertz CT molecular complexity index is 905. The van der Waals surface area contributed by atoms with Crippen molar-refractivity contribution in [1.29, 1.82) is 0 Å². The smallest absolute Gasteiger partial charge is 0.102 e. The van der Waals surface area contributed by atoms with Crippen LogP contribution in [0, 0.1) is 0 Å². The molecular weight excluding hydrogens is 502 g/mol. The molecule has 0 saturated carbocycles. The second kappa shape index (κ2) is 23.6. The summed E-state index contributed by atoms with van der Waals surface area (Å²) in [5, 5.41) is 4.31. The third-order valence-corrected chi connectivity index (χ3v) is 7.04. The molecule has 0 atom stereocenters. The molecule has 1 radical (unpaired) electrons. The molecule has 0 unspecified atom stereocenters. The van der Waals surface area contributed by atoms with Gasteiger partial charge in [-0.15, -0.1) is 6.42 Å². The van der Waals surface area contributed by atoms with Crippen molar-refractivity contribution in [1.82, 2.24) is 0 Å². The molecule has 0 spiro atoms. The van der Waals surface area contributed by atoms with Crippen molar-refractivity contribution < 1.29 is 36.0 Å². The first kappa shape index (κ1) is 33.7. The molecule has 4 nitrogen and oxygen atoms in total. The number of hydrogen-bond acceptors (Lipinski definition) is 4. The average molecular weight is 528 g/mol. The molecule has 0 fully saturated rings. The Morgan fingerprint density at radius 1 is 0.486 bits per heavy atom. The number of hydrogen-bond donors (Lipinski definition) is 0. The number of benzene rings is 4. The van der Waals surface area contributed by atoms with Crippen LogP contribution in [-0.2, 0) is 42.4 Å². The van der Waals surface area contributed by atoms with Crippen LogP contribution in [0.4, 0.5) is 0 Å². The summed E-state index contributed by atoms with van der Waals surface area (Å²) in [6, 6.07) is 42.1. The van der Waals surface area contributed by atoms with Crippen molar-refractivity contribution in [3.8, 4) is 0 Å². The molecule has 4 aromatic rings. The minimum Gasteiger partial charge on any atom is -0.545 e. The van der Waals surface area contributed by atoms with Crippen LogP contribution < -0.4 is 15.9 Å². The van der Waals surface area contributed by atoms with Crippen molar-refractivity contribution in [2.24, 2.45) is 0 Å². The maximum Gasteiger partial charge on any atom is 0.102 e. The zero-order valence-electron chi connectivity index (χ0n) is 19.0. The van der Waals surface area contributed by atoms with Crippen molar-refractivity contribution in [2.45, 2.75) is 6.42 Å². The molecule has 183 valence electrons. The largest absolute Gasteiger partial charge is 0.545 e. The number of rotatable bonds is 5. The van der Waals surface area contributed by atoms with Gasteiger partial charge in [-0.05, 0) is 36.4 Å². The van der Waals surface area contributed by atoms with Gasteiger partial charge in [-0.1, -0.05) is 90.5 Å². The maximum absolute atomic E-state index is 9.85. The predicted octanol–water partition coefficient (Wildman–Crippen LogP) is 3.69. The topological polar surface area (TPSA) is 68.3 Å². The van der Waals surface area contributed by atoms with Crippen LogP contribution in [0.1, 0.15) is 5.56 Å². The SMILES string of the molecule is O=[C-]Cc1ccccc1.[CH-]=O.[CH-]=O.[CH-]=O.[Co].c1ccc([PH+](c2ccccc2)c2ccccc2)cc1. The van der Waals surface area contributed by atoms with Gasteiger partial charge in [0.05, 0.1) is 7.92 Å². The van der Waals surface area contributed by atoms with E-state index in [2.05, 4.69) is 111 Å². The molecule has 0 aliphatic rings. The zero-order chi connectivity index (χ0) is 25.4. The van der Waals surface area contributed by atoms with Crippen LogP contribution >= 0.6 is 7.92 Å². The summed E-state index contributed by atoms with van der Waals surface area (Å²) < 4.78 is 0. The van der Waals surface area contributed by atoms with E-state index in [-0.39, 0.29) is 16.8 Å². The van der Waals surface area contributed by atoms with Gasteiger partial charge in [0.15, 0.2) is 0 Å². The Hall–Kier alpha value is -3.50. The van der Waals surface area contributed by atoms with Gasteiger partial charge in [0, 0.05) is 16.8 Å². The zero-order valence-corrected chi connectivity index (χ0v) is 21.0. The van der Waals surface area contributed by atoms with Crippen LogP contribution in [0.25, 0.3) is 0 Å². The van der Waals surface area contributed by atoms with Gasteiger partial charge in [0.2, 0.25) is 0 Å². The summed E-state index contributed by atoms with van der Waals surface area (Å²) >= 11 is 0. The Balaban J connectivity index is 0. The van der Waals surface area contributed by atoms with Gasteiger partial charge in [-0.25, -0.2) is 0 Å². The van der Waals surface area contributed by atoms with E-state index in [0.29, 0.717) is 6.42 Å². The van der Waals surface area contributed by atoms with E-state index >= 15 is 0 Å². The van der Waals surface area contributed by atoms with Crippen LogP contribution in [0.2, 0.25) is 0 Å². The van der Waals surface area contributed by atoms with Crippen molar-refractivity contribution >= 4 is 50.5 Å². The third kappa shape index (κ3) is 13.1. The number of carbonyl (C=O) groups excluding carboxylic acids is 4. The molecule has 4 rings (SSSR count). The molecule has 0 aromatic heterocycles. The van der Waals surface area contributed by atoms with Crippen LogP contribution in [0.5, 0.6) is 0 Å². The molecule has 0 heterocycles. The van der Waals surface area contributed by atoms with E-state index in [4.69, 9.17) is 14.4 Å². The Morgan fingerprint density at radius 2 is 0.743 bits per heavy atom. The Kier molecular flexibility index (Phi) is 22.7. The summed E-state index contributed by atoms with van der Waals surface area (Å²) in [7, 11) is -0.877. The Labute approximate surface area is 219 Å². The average Bonchev–Trinajstić information content (AvgIpc) is 2.95. The third-order valence-electron chi connectivity index (χ3n) is 4.31. The van der Waals surface area contributed by atoms with Gasteiger partial charge in [-0.3, -0.25) is 26.7 Å². The van der Waals surface area contributed by atoms with Crippen molar-refractivity contribution in [2.75, 3.05) is 0 Å². The van der Waals surface area contributed by atoms with Gasteiger partial charge >= 0.3 is 0 Å². The van der Waals surface area contributed by atoms with E-state index < -0.39 is 7.92 Å². The minimum atomic E-state index is -0.877. The molecule has 0 aliphatic heterocycles. The molecule has 4 aromatic carbocycles. The quantitative estimate of drug-likeness (QED) is 0.225. The standard InChI is InChI=1S/C18H15P.C8H7O.3CHO.Co/c1-4-10-16(11-5-1)19(17-12-6-2-7-13-17)18-14-8-3-9-15-18;9-7-6-8-4-2-1-3-5-8;3*1-2;/h1-15H;1-5H,6H2;3*1H;/q;4*-1;/p+1. The van der Waals surface area contributed by atoms with Gasteiger partial charge in [0.25, 0.3) is 0 Å². The molecule has 0 aliphatic carbocycles. The van der Waals surface area contributed by atoms with E-state index in [0.717, 1.165) is 5.56 Å². The monoisotopic (exact) mass is 528 g/mol. The van der Waals surface area contributed by atoms with Gasteiger partial charge in [-0.2, -0.15) is 0 Å². The maximum atomic E-state index is 9.85. The summed E-state index contributed by atoms with van der Waals surface area (Å²) in [4.78, 5) is 33.1. The van der Waals surface area contributed by atoms with E-state index in [1.54, 1.807) is 0 Å². The molecule has 6 heteroatoms. The first-order valence-electron chi connectivity index (χ1n) is 10.0. The fourth-order valence-electron chi connectivity index (χ4n) is 2.99. The summed E-state index contributed by atoms with van der Waals surface area (Å²) in [6.45, 7) is 9.75. The molecule has 35 heavy (non-hydrogen) atoms. The first-order chi connectivity index (χ1) is 16.9. The summed E-state index contributed by atoms with van der Waals surface area (Å²) in [6.07, 6.45) is 2.24. The van der Waals surface area contributed by atoms with E-state index in [1.165, 1.54) is 15.9 Å². The fraction of sp³-hybridized carbons (Fsp3) is 0.0345. The second-order valence-electron chi connectivity index (χ2n) is 6.28.